The maximum atomic E-state index is 3.44. The standard InChI is InChI=1S/C18H22N2.C2H6/c1-2-5-9-16(8-4-1)18(17-10-6-3-7-11-17)20-14-12-19-13-15-20;1-2/h1-4,6-11,18-19H,5,12-15H2;1-2H3. The summed E-state index contributed by atoms with van der Waals surface area (Å²) in [6.45, 7) is 8.38. The van der Waals surface area contributed by atoms with Crippen LogP contribution in [-0.4, -0.2) is 31.1 Å². The highest BCUT2D eigenvalue weighted by atomic mass is 15.2. The summed E-state index contributed by atoms with van der Waals surface area (Å²) in [4.78, 5) is 2.59. The third kappa shape index (κ3) is 4.43. The van der Waals surface area contributed by atoms with Crippen LogP contribution in [0.25, 0.3) is 0 Å². The highest BCUT2D eigenvalue weighted by Gasteiger charge is 2.24. The van der Waals surface area contributed by atoms with Crippen LogP contribution in [0.2, 0.25) is 0 Å². The maximum Gasteiger partial charge on any atom is 0.0599 e. The van der Waals surface area contributed by atoms with E-state index < -0.39 is 0 Å². The van der Waals surface area contributed by atoms with E-state index in [4.69, 9.17) is 0 Å². The fraction of sp³-hybridized carbons (Fsp3) is 0.400. The first kappa shape index (κ1) is 16.7. The predicted molar refractivity (Wildman–Crippen MR) is 96.0 cm³/mol. The second kappa shape index (κ2) is 9.39. The van der Waals surface area contributed by atoms with Crippen LogP contribution >= 0.6 is 0 Å². The zero-order chi connectivity index (χ0) is 15.6. The largest absolute Gasteiger partial charge is 0.314 e. The van der Waals surface area contributed by atoms with Crippen molar-refractivity contribution in [3.63, 3.8) is 0 Å². The molecule has 118 valence electrons. The van der Waals surface area contributed by atoms with Crippen LogP contribution < -0.4 is 5.32 Å². The van der Waals surface area contributed by atoms with Crippen molar-refractivity contribution in [2.45, 2.75) is 26.3 Å². The van der Waals surface area contributed by atoms with Crippen molar-refractivity contribution in [1.82, 2.24) is 10.2 Å². The SMILES string of the molecule is C1=CCC=C(C(c2ccccc2)N2CCNCC2)C=C1.CC. The lowest BCUT2D eigenvalue weighted by Gasteiger charge is -2.36. The molecule has 1 saturated heterocycles. The average molecular weight is 296 g/mol. The zero-order valence-electron chi connectivity index (χ0n) is 13.8. The summed E-state index contributed by atoms with van der Waals surface area (Å²) < 4.78 is 0. The van der Waals surface area contributed by atoms with E-state index in [2.05, 4.69) is 70.9 Å². The van der Waals surface area contributed by atoms with E-state index in [0.717, 1.165) is 32.6 Å². The van der Waals surface area contributed by atoms with Gasteiger partial charge in [0.15, 0.2) is 0 Å². The first-order chi connectivity index (χ1) is 10.9. The molecule has 22 heavy (non-hydrogen) atoms. The quantitative estimate of drug-likeness (QED) is 0.903. The lowest BCUT2D eigenvalue weighted by molar-refractivity contribution is 0.198. The third-order valence-electron chi connectivity index (χ3n) is 3.97. The molecule has 2 heteroatoms. The van der Waals surface area contributed by atoms with Gasteiger partial charge < -0.3 is 5.32 Å². The summed E-state index contributed by atoms with van der Waals surface area (Å²) in [6.07, 6.45) is 12.2. The van der Waals surface area contributed by atoms with Crippen LogP contribution in [0.3, 0.4) is 0 Å². The van der Waals surface area contributed by atoms with Crippen molar-refractivity contribution in [3.05, 3.63) is 71.8 Å². The molecule has 3 rings (SSSR count). The molecule has 0 saturated carbocycles. The Hall–Kier alpha value is -1.64. The van der Waals surface area contributed by atoms with Gasteiger partial charge in [0.05, 0.1) is 6.04 Å². The number of hydrogen-bond donors (Lipinski definition) is 1. The molecular formula is C20H28N2. The molecule has 0 radical (unpaired) electrons. The van der Waals surface area contributed by atoms with E-state index in [1.165, 1.54) is 11.1 Å². The Morgan fingerprint density at radius 1 is 1.00 bits per heavy atom. The van der Waals surface area contributed by atoms with Crippen LogP contribution in [0.5, 0.6) is 0 Å². The van der Waals surface area contributed by atoms with E-state index in [-0.39, 0.29) is 0 Å². The number of benzene rings is 1. The monoisotopic (exact) mass is 296 g/mol. The van der Waals surface area contributed by atoms with Gasteiger partial charge in [0.25, 0.3) is 0 Å². The van der Waals surface area contributed by atoms with Gasteiger partial charge in [-0.1, -0.05) is 74.6 Å². The Kier molecular flexibility index (Phi) is 7.14. The summed E-state index contributed by atoms with van der Waals surface area (Å²) in [7, 11) is 0. The van der Waals surface area contributed by atoms with Gasteiger partial charge in [-0.15, -0.1) is 0 Å². The lowest BCUT2D eigenvalue weighted by atomic mass is 9.95. The zero-order valence-corrected chi connectivity index (χ0v) is 13.8. The van der Waals surface area contributed by atoms with Gasteiger partial charge >= 0.3 is 0 Å². The molecule has 1 fully saturated rings. The van der Waals surface area contributed by atoms with Crippen LogP contribution in [0.1, 0.15) is 31.9 Å². The molecule has 1 heterocycles. The maximum absolute atomic E-state index is 3.44. The Balaban J connectivity index is 0.000000847. The van der Waals surface area contributed by atoms with Gasteiger partial charge in [-0.05, 0) is 17.6 Å². The number of allylic oxidation sites excluding steroid dienone is 4. The summed E-state index contributed by atoms with van der Waals surface area (Å²) in [6, 6.07) is 11.3. The van der Waals surface area contributed by atoms with Crippen LogP contribution in [-0.2, 0) is 0 Å². The molecule has 1 N–H and O–H groups in total. The first-order valence-electron chi connectivity index (χ1n) is 8.48. The molecule has 0 spiro atoms. The molecule has 2 nitrogen and oxygen atoms in total. The minimum atomic E-state index is 0.384. The molecule has 0 bridgehead atoms. The van der Waals surface area contributed by atoms with Gasteiger partial charge in [0.1, 0.15) is 0 Å². The van der Waals surface area contributed by atoms with Crippen molar-refractivity contribution in [1.29, 1.82) is 0 Å². The van der Waals surface area contributed by atoms with Crippen molar-refractivity contribution in [2.24, 2.45) is 0 Å². The second-order valence-corrected chi connectivity index (χ2v) is 5.33. The van der Waals surface area contributed by atoms with Gasteiger partial charge in [0.2, 0.25) is 0 Å². The van der Waals surface area contributed by atoms with Crippen molar-refractivity contribution < 1.29 is 0 Å². The molecule has 2 aliphatic rings. The molecule has 1 aromatic carbocycles. The Morgan fingerprint density at radius 3 is 2.45 bits per heavy atom. The average Bonchev–Trinajstić information content (AvgIpc) is 2.88. The summed E-state index contributed by atoms with van der Waals surface area (Å²) in [5, 5.41) is 3.44. The highest BCUT2D eigenvalue weighted by Crippen LogP contribution is 2.30. The van der Waals surface area contributed by atoms with Gasteiger partial charge in [-0.3, -0.25) is 4.90 Å². The fourth-order valence-corrected chi connectivity index (χ4v) is 2.99. The molecule has 0 amide bonds. The minimum Gasteiger partial charge on any atom is -0.314 e. The van der Waals surface area contributed by atoms with Crippen LogP contribution in [0.4, 0.5) is 0 Å². The molecule has 1 aliphatic carbocycles. The topological polar surface area (TPSA) is 15.3 Å². The third-order valence-corrected chi connectivity index (χ3v) is 3.97. The molecule has 1 atom stereocenters. The first-order valence-corrected chi connectivity index (χ1v) is 8.48. The van der Waals surface area contributed by atoms with Crippen molar-refractivity contribution in [3.8, 4) is 0 Å². The molecule has 0 aromatic heterocycles. The Bertz CT molecular complexity index is 508. The minimum absolute atomic E-state index is 0.384. The van der Waals surface area contributed by atoms with Crippen LogP contribution in [0.15, 0.2) is 66.3 Å². The normalized spacial score (nSPS) is 19.6. The predicted octanol–water partition coefficient (Wildman–Crippen LogP) is 4.10. The molecule has 1 unspecified atom stereocenters. The summed E-state index contributed by atoms with van der Waals surface area (Å²) >= 11 is 0. The number of piperazine rings is 1. The van der Waals surface area contributed by atoms with Gasteiger partial charge in [-0.2, -0.15) is 0 Å². The number of nitrogens with zero attached hydrogens (tertiary/aromatic N) is 1. The molecule has 1 aliphatic heterocycles. The summed E-state index contributed by atoms with van der Waals surface area (Å²) in [5.41, 5.74) is 2.82. The van der Waals surface area contributed by atoms with E-state index in [0.29, 0.717) is 6.04 Å². The Labute approximate surface area is 135 Å². The number of rotatable bonds is 3. The van der Waals surface area contributed by atoms with Gasteiger partial charge in [0, 0.05) is 26.2 Å². The van der Waals surface area contributed by atoms with Crippen molar-refractivity contribution >= 4 is 0 Å². The van der Waals surface area contributed by atoms with E-state index in [9.17, 15) is 0 Å². The highest BCUT2D eigenvalue weighted by molar-refractivity contribution is 5.37. The second-order valence-electron chi connectivity index (χ2n) is 5.33. The Morgan fingerprint density at radius 2 is 1.73 bits per heavy atom. The van der Waals surface area contributed by atoms with Crippen molar-refractivity contribution in [2.75, 3.05) is 26.2 Å². The molecule has 1 aromatic rings. The number of nitrogens with one attached hydrogen (secondary N) is 1. The van der Waals surface area contributed by atoms with Gasteiger partial charge in [-0.25, -0.2) is 0 Å². The van der Waals surface area contributed by atoms with E-state index in [1.807, 2.05) is 13.8 Å². The smallest absolute Gasteiger partial charge is 0.0599 e. The fourth-order valence-electron chi connectivity index (χ4n) is 2.99. The van der Waals surface area contributed by atoms with Crippen LogP contribution in [0, 0.1) is 0 Å². The van der Waals surface area contributed by atoms with E-state index in [1.54, 1.807) is 0 Å². The molecular weight excluding hydrogens is 268 g/mol. The summed E-state index contributed by atoms with van der Waals surface area (Å²) in [5.74, 6) is 0. The van der Waals surface area contributed by atoms with E-state index >= 15 is 0 Å². The number of hydrogen-bond acceptors (Lipinski definition) is 2. The lowest BCUT2D eigenvalue weighted by Crippen LogP contribution is -2.45.